The van der Waals surface area contributed by atoms with E-state index in [1.807, 2.05) is 30.3 Å². The number of ether oxygens (including phenoxy) is 3. The number of fused-ring (bicyclic) bond motifs is 2. The second-order valence-corrected chi connectivity index (χ2v) is 9.14. The lowest BCUT2D eigenvalue weighted by Gasteiger charge is -2.25. The van der Waals surface area contributed by atoms with Crippen LogP contribution in [0.1, 0.15) is 31.0 Å². The van der Waals surface area contributed by atoms with E-state index in [1.54, 1.807) is 32.1 Å². The Morgan fingerprint density at radius 2 is 2.00 bits per heavy atom. The molecule has 2 aromatic carbocycles. The van der Waals surface area contributed by atoms with Crippen LogP contribution in [0.4, 0.5) is 0 Å². The van der Waals surface area contributed by atoms with Crippen molar-refractivity contribution >= 4 is 35.0 Å². The molecule has 2 aliphatic heterocycles. The highest BCUT2D eigenvalue weighted by Gasteiger charge is 2.34. The summed E-state index contributed by atoms with van der Waals surface area (Å²) in [5.74, 6) is 0.801. The summed E-state index contributed by atoms with van der Waals surface area (Å²) in [5, 5.41) is 0.449. The van der Waals surface area contributed by atoms with Crippen molar-refractivity contribution in [3.63, 3.8) is 0 Å². The van der Waals surface area contributed by atoms with E-state index in [0.29, 0.717) is 55.9 Å². The monoisotopic (exact) mass is 496 g/mol. The molecule has 3 heterocycles. The second-order valence-electron chi connectivity index (χ2n) is 7.73. The zero-order chi connectivity index (χ0) is 23.8. The van der Waals surface area contributed by atoms with Crippen molar-refractivity contribution < 1.29 is 19.0 Å². The number of rotatable bonds is 4. The van der Waals surface area contributed by atoms with Crippen molar-refractivity contribution in [2.24, 2.45) is 4.99 Å². The molecule has 9 heteroatoms. The van der Waals surface area contributed by atoms with Crippen LogP contribution < -0.4 is 24.4 Å². The molecule has 3 aromatic rings. The van der Waals surface area contributed by atoms with Gasteiger partial charge in [0.2, 0.25) is 0 Å². The van der Waals surface area contributed by atoms with Crippen molar-refractivity contribution in [1.82, 2.24) is 4.57 Å². The molecule has 7 nitrogen and oxygen atoms in total. The maximum atomic E-state index is 13.6. The summed E-state index contributed by atoms with van der Waals surface area (Å²) < 4.78 is 18.6. The molecule has 1 aromatic heterocycles. The van der Waals surface area contributed by atoms with Gasteiger partial charge < -0.3 is 14.2 Å². The SMILES string of the molecule is CCOC(=O)C1=C(C)N=c2sc(=Cc3ccc4c(c3)OCCO4)c(=O)n2[C@@H]1c1ccccc1Cl. The first-order valence-electron chi connectivity index (χ1n) is 10.8. The fourth-order valence-corrected chi connectivity index (χ4v) is 5.37. The predicted molar refractivity (Wildman–Crippen MR) is 129 cm³/mol. The molecule has 5 rings (SSSR count). The molecule has 0 spiro atoms. The summed E-state index contributed by atoms with van der Waals surface area (Å²) in [6.07, 6.45) is 1.79. The lowest BCUT2D eigenvalue weighted by molar-refractivity contribution is -0.139. The van der Waals surface area contributed by atoms with Crippen LogP contribution in [0.15, 0.2) is 63.5 Å². The van der Waals surface area contributed by atoms with E-state index in [0.717, 1.165) is 5.56 Å². The Hall–Kier alpha value is -3.36. The minimum atomic E-state index is -0.744. The average Bonchev–Trinajstić information content (AvgIpc) is 3.13. The van der Waals surface area contributed by atoms with Gasteiger partial charge in [0.25, 0.3) is 5.56 Å². The maximum Gasteiger partial charge on any atom is 0.338 e. The first-order valence-corrected chi connectivity index (χ1v) is 12.0. The van der Waals surface area contributed by atoms with Crippen LogP contribution in [0.5, 0.6) is 11.5 Å². The largest absolute Gasteiger partial charge is 0.486 e. The van der Waals surface area contributed by atoms with Crippen molar-refractivity contribution in [3.8, 4) is 11.5 Å². The highest BCUT2D eigenvalue weighted by Crippen LogP contribution is 2.34. The van der Waals surface area contributed by atoms with Crippen LogP contribution in [0.2, 0.25) is 5.02 Å². The fourth-order valence-electron chi connectivity index (χ4n) is 4.08. The Morgan fingerprint density at radius 3 is 2.76 bits per heavy atom. The lowest BCUT2D eigenvalue weighted by Crippen LogP contribution is -2.40. The number of hydrogen-bond acceptors (Lipinski definition) is 7. The number of allylic oxidation sites excluding steroid dienone is 1. The van der Waals surface area contributed by atoms with Crippen LogP contribution in [0, 0.1) is 0 Å². The van der Waals surface area contributed by atoms with Gasteiger partial charge in [0.15, 0.2) is 16.3 Å². The van der Waals surface area contributed by atoms with Gasteiger partial charge in [0.05, 0.1) is 22.4 Å². The quantitative estimate of drug-likeness (QED) is 0.518. The van der Waals surface area contributed by atoms with Crippen LogP contribution in [0.3, 0.4) is 0 Å². The van der Waals surface area contributed by atoms with E-state index in [1.165, 1.54) is 15.9 Å². The molecule has 0 saturated heterocycles. The maximum absolute atomic E-state index is 13.6. The standard InChI is InChI=1S/C25H21ClN2O5S/c1-3-31-24(30)21-14(2)27-25-28(22(21)16-6-4-5-7-17(16)26)23(29)20(34-25)13-15-8-9-18-19(12-15)33-11-10-32-18/h4-9,12-13,22H,3,10-11H2,1-2H3/t22-/m1/s1. The highest BCUT2D eigenvalue weighted by atomic mass is 35.5. The molecule has 0 bridgehead atoms. The molecule has 0 saturated carbocycles. The third-order valence-electron chi connectivity index (χ3n) is 5.58. The number of carbonyl (C=O) groups is 1. The first-order chi connectivity index (χ1) is 16.5. The van der Waals surface area contributed by atoms with E-state index in [-0.39, 0.29) is 12.2 Å². The zero-order valence-corrected chi connectivity index (χ0v) is 20.1. The lowest BCUT2D eigenvalue weighted by atomic mass is 9.96. The summed E-state index contributed by atoms with van der Waals surface area (Å²) in [5.41, 5.74) is 1.96. The minimum Gasteiger partial charge on any atom is -0.486 e. The molecule has 174 valence electrons. The van der Waals surface area contributed by atoms with Gasteiger partial charge in [-0.1, -0.05) is 47.2 Å². The number of thiazole rings is 1. The number of halogens is 1. The number of hydrogen-bond donors (Lipinski definition) is 0. The van der Waals surface area contributed by atoms with E-state index in [4.69, 9.17) is 25.8 Å². The number of carbonyl (C=O) groups excluding carboxylic acids is 1. The Labute approximate surface area is 204 Å². The molecular weight excluding hydrogens is 476 g/mol. The highest BCUT2D eigenvalue weighted by molar-refractivity contribution is 7.07. The molecule has 0 aliphatic carbocycles. The summed E-state index contributed by atoms with van der Waals surface area (Å²) in [6, 6.07) is 12.0. The topological polar surface area (TPSA) is 79.1 Å². The van der Waals surface area contributed by atoms with E-state index < -0.39 is 12.0 Å². The summed E-state index contributed by atoms with van der Waals surface area (Å²) in [7, 11) is 0. The van der Waals surface area contributed by atoms with Gasteiger partial charge >= 0.3 is 5.97 Å². The van der Waals surface area contributed by atoms with Crippen LogP contribution in [-0.2, 0) is 9.53 Å². The van der Waals surface area contributed by atoms with Gasteiger partial charge in [-0.3, -0.25) is 9.36 Å². The normalized spacial score (nSPS) is 17.3. The first kappa shape index (κ1) is 22.4. The molecule has 0 radical (unpaired) electrons. The molecule has 0 amide bonds. The zero-order valence-electron chi connectivity index (χ0n) is 18.5. The van der Waals surface area contributed by atoms with Crippen LogP contribution in [-0.4, -0.2) is 30.4 Å². The minimum absolute atomic E-state index is 0.208. The Morgan fingerprint density at radius 1 is 1.24 bits per heavy atom. The number of nitrogens with zero attached hydrogens (tertiary/aromatic N) is 2. The Kier molecular flexibility index (Phi) is 6.02. The van der Waals surface area contributed by atoms with Crippen LogP contribution in [0.25, 0.3) is 6.08 Å². The van der Waals surface area contributed by atoms with Gasteiger partial charge in [-0.05, 0) is 49.2 Å². The molecule has 0 fully saturated rings. The Bertz CT molecular complexity index is 1500. The van der Waals surface area contributed by atoms with E-state index in [9.17, 15) is 9.59 Å². The predicted octanol–water partition coefficient (Wildman–Crippen LogP) is 3.22. The van der Waals surface area contributed by atoms with Gasteiger partial charge in [-0.15, -0.1) is 0 Å². The molecule has 2 aliphatic rings. The fraction of sp³-hybridized carbons (Fsp3) is 0.240. The smallest absolute Gasteiger partial charge is 0.338 e. The molecule has 0 N–H and O–H groups in total. The summed E-state index contributed by atoms with van der Waals surface area (Å²) in [4.78, 5) is 31.6. The van der Waals surface area contributed by atoms with Gasteiger partial charge in [0, 0.05) is 5.02 Å². The third kappa shape index (κ3) is 3.93. The third-order valence-corrected chi connectivity index (χ3v) is 6.91. The van der Waals surface area contributed by atoms with E-state index in [2.05, 4.69) is 4.99 Å². The van der Waals surface area contributed by atoms with Crippen molar-refractivity contribution in [2.75, 3.05) is 19.8 Å². The summed E-state index contributed by atoms with van der Waals surface area (Å²) in [6.45, 7) is 4.68. The molecular formula is C25H21ClN2O5S. The number of benzene rings is 2. The van der Waals surface area contributed by atoms with Crippen molar-refractivity contribution in [2.45, 2.75) is 19.9 Å². The van der Waals surface area contributed by atoms with Crippen molar-refractivity contribution in [1.29, 1.82) is 0 Å². The second kappa shape index (κ2) is 9.12. The van der Waals surface area contributed by atoms with Gasteiger partial charge in [-0.25, -0.2) is 9.79 Å². The van der Waals surface area contributed by atoms with Crippen molar-refractivity contribution in [3.05, 3.63) is 89.6 Å². The van der Waals surface area contributed by atoms with E-state index >= 15 is 0 Å². The number of esters is 1. The number of aromatic nitrogens is 1. The Balaban J connectivity index is 1.70. The van der Waals surface area contributed by atoms with Gasteiger partial charge in [0.1, 0.15) is 19.3 Å². The average molecular weight is 497 g/mol. The molecule has 1 atom stereocenters. The van der Waals surface area contributed by atoms with Crippen LogP contribution >= 0.6 is 22.9 Å². The molecule has 34 heavy (non-hydrogen) atoms. The van der Waals surface area contributed by atoms with Gasteiger partial charge in [-0.2, -0.15) is 0 Å². The molecule has 0 unspecified atom stereocenters. The summed E-state index contributed by atoms with van der Waals surface area (Å²) >= 11 is 7.78.